The van der Waals surface area contributed by atoms with Gasteiger partial charge in [0.15, 0.2) is 0 Å². The first-order chi connectivity index (χ1) is 12.1. The lowest BCUT2D eigenvalue weighted by Crippen LogP contribution is -2.50. The third-order valence-corrected chi connectivity index (χ3v) is 5.13. The Bertz CT molecular complexity index is 646. The van der Waals surface area contributed by atoms with Crippen LogP contribution in [0.4, 0.5) is 11.4 Å². The van der Waals surface area contributed by atoms with Crippen molar-refractivity contribution in [3.8, 4) is 0 Å². The van der Waals surface area contributed by atoms with Gasteiger partial charge in [-0.05, 0) is 56.7 Å². The number of nitrogens with zero attached hydrogens (tertiary/aromatic N) is 2. The zero-order valence-electron chi connectivity index (χ0n) is 15.4. The van der Waals surface area contributed by atoms with Crippen molar-refractivity contribution in [2.75, 3.05) is 36.8 Å². The predicted molar refractivity (Wildman–Crippen MR) is 107 cm³/mol. The van der Waals surface area contributed by atoms with Crippen molar-refractivity contribution in [1.29, 1.82) is 0 Å². The average molecular weight is 381 g/mol. The Hall–Kier alpha value is -1.95. The number of nitrogen functional groups attached to an aromatic ring is 1. The molecule has 7 heteroatoms. The first kappa shape index (κ1) is 20.4. The summed E-state index contributed by atoms with van der Waals surface area (Å²) in [6.07, 6.45) is 5.22. The molecular weight excluding hydrogens is 352 g/mol. The number of anilines is 2. The highest BCUT2D eigenvalue weighted by Gasteiger charge is 2.25. The highest BCUT2D eigenvalue weighted by molar-refractivity contribution is 5.89. The van der Waals surface area contributed by atoms with Crippen molar-refractivity contribution in [2.24, 2.45) is 0 Å². The maximum absolute atomic E-state index is 12.4. The number of rotatable bonds is 4. The fourth-order valence-corrected chi connectivity index (χ4v) is 3.80. The van der Waals surface area contributed by atoms with Crippen LogP contribution in [0.1, 0.15) is 38.2 Å². The van der Waals surface area contributed by atoms with Gasteiger partial charge in [0.2, 0.25) is 11.8 Å². The molecule has 2 aliphatic heterocycles. The highest BCUT2D eigenvalue weighted by atomic mass is 35.5. The molecular formula is C19H29ClN4O2. The van der Waals surface area contributed by atoms with Gasteiger partial charge in [-0.1, -0.05) is 6.07 Å². The Balaban J connectivity index is 0.00000243. The van der Waals surface area contributed by atoms with E-state index in [-0.39, 0.29) is 30.8 Å². The smallest absolute Gasteiger partial charge is 0.244 e. The zero-order chi connectivity index (χ0) is 17.8. The molecule has 3 rings (SSSR count). The van der Waals surface area contributed by atoms with Gasteiger partial charge in [-0.3, -0.25) is 9.59 Å². The molecule has 1 saturated heterocycles. The lowest BCUT2D eigenvalue weighted by atomic mass is 10.00. The highest BCUT2D eigenvalue weighted by Crippen LogP contribution is 2.30. The number of carbonyl (C=O) groups is 2. The van der Waals surface area contributed by atoms with Crippen LogP contribution in [0.3, 0.4) is 0 Å². The second-order valence-electron chi connectivity index (χ2n) is 7.05. The van der Waals surface area contributed by atoms with E-state index >= 15 is 0 Å². The van der Waals surface area contributed by atoms with Crippen LogP contribution >= 0.6 is 12.4 Å². The Morgan fingerprint density at radius 2 is 1.88 bits per heavy atom. The summed E-state index contributed by atoms with van der Waals surface area (Å²) in [6.45, 7) is 4.47. The number of nitrogens with one attached hydrogen (secondary N) is 1. The number of halogens is 1. The molecule has 0 aromatic heterocycles. The maximum atomic E-state index is 12.4. The maximum Gasteiger partial charge on any atom is 0.244 e. The van der Waals surface area contributed by atoms with Gasteiger partial charge in [0.25, 0.3) is 0 Å². The van der Waals surface area contributed by atoms with E-state index in [0.29, 0.717) is 0 Å². The molecule has 0 radical (unpaired) electrons. The fraction of sp³-hybridized carbons (Fsp3) is 0.579. The average Bonchev–Trinajstić information content (AvgIpc) is 2.62. The van der Waals surface area contributed by atoms with Crippen molar-refractivity contribution >= 4 is 35.6 Å². The number of likely N-dealkylation sites (tertiary alicyclic amines) is 1. The molecule has 2 heterocycles. The van der Waals surface area contributed by atoms with Gasteiger partial charge in [0.1, 0.15) is 6.04 Å². The van der Waals surface area contributed by atoms with Crippen LogP contribution in [-0.4, -0.2) is 48.9 Å². The van der Waals surface area contributed by atoms with Gasteiger partial charge in [-0.25, -0.2) is 0 Å². The number of piperidine rings is 1. The van der Waals surface area contributed by atoms with Crippen LogP contribution in [-0.2, 0) is 16.0 Å². The molecule has 0 bridgehead atoms. The van der Waals surface area contributed by atoms with E-state index < -0.39 is 6.04 Å². The summed E-state index contributed by atoms with van der Waals surface area (Å²) in [6, 6.07) is 5.37. The molecule has 1 fully saturated rings. The van der Waals surface area contributed by atoms with Gasteiger partial charge in [-0.15, -0.1) is 12.4 Å². The van der Waals surface area contributed by atoms with Crippen molar-refractivity contribution in [3.63, 3.8) is 0 Å². The predicted octanol–water partition coefficient (Wildman–Crippen LogP) is 1.96. The normalized spacial score (nSPS) is 17.7. The lowest BCUT2D eigenvalue weighted by Gasteiger charge is -2.32. The van der Waals surface area contributed by atoms with Crippen molar-refractivity contribution < 1.29 is 9.59 Å². The minimum atomic E-state index is -0.476. The van der Waals surface area contributed by atoms with Crippen LogP contribution in [0.25, 0.3) is 0 Å². The van der Waals surface area contributed by atoms with Crippen LogP contribution in [0.2, 0.25) is 0 Å². The molecule has 0 aliphatic carbocycles. The van der Waals surface area contributed by atoms with Crippen LogP contribution < -0.4 is 16.0 Å². The third-order valence-electron chi connectivity index (χ3n) is 5.13. The van der Waals surface area contributed by atoms with E-state index in [4.69, 9.17) is 5.73 Å². The Labute approximate surface area is 161 Å². The molecule has 1 aromatic carbocycles. The van der Waals surface area contributed by atoms with E-state index in [9.17, 15) is 9.59 Å². The van der Waals surface area contributed by atoms with E-state index in [1.54, 1.807) is 6.92 Å². The minimum Gasteiger partial charge on any atom is -0.398 e. The summed E-state index contributed by atoms with van der Waals surface area (Å²) in [5.74, 6) is -0.0931. The number of hydrogen-bond donors (Lipinski definition) is 2. The number of carbonyl (C=O) groups excluding carboxylic acids is 2. The van der Waals surface area contributed by atoms with E-state index in [2.05, 4.69) is 10.2 Å². The summed E-state index contributed by atoms with van der Waals surface area (Å²) in [7, 11) is 0. The third kappa shape index (κ3) is 4.61. The first-order valence-electron chi connectivity index (χ1n) is 9.26. The monoisotopic (exact) mass is 380 g/mol. The molecule has 1 unspecified atom stereocenters. The Morgan fingerprint density at radius 1 is 1.15 bits per heavy atom. The molecule has 3 N–H and O–H groups in total. The van der Waals surface area contributed by atoms with Crippen molar-refractivity contribution in [1.82, 2.24) is 10.2 Å². The molecule has 1 atom stereocenters. The first-order valence-corrected chi connectivity index (χ1v) is 9.26. The SMILES string of the molecule is CC(NC(=O)CN1CCCc2c(N)cccc21)C(=O)N1CCCCC1.Cl. The number of fused-ring (bicyclic) bond motifs is 1. The van der Waals surface area contributed by atoms with E-state index in [0.717, 1.165) is 62.3 Å². The summed E-state index contributed by atoms with van der Waals surface area (Å²) in [5.41, 5.74) is 9.01. The molecule has 144 valence electrons. The zero-order valence-corrected chi connectivity index (χ0v) is 16.2. The summed E-state index contributed by atoms with van der Waals surface area (Å²) in [5, 5.41) is 2.87. The molecule has 6 nitrogen and oxygen atoms in total. The van der Waals surface area contributed by atoms with Gasteiger partial charge in [0, 0.05) is 31.0 Å². The number of hydrogen-bond acceptors (Lipinski definition) is 4. The van der Waals surface area contributed by atoms with Crippen molar-refractivity contribution in [3.05, 3.63) is 23.8 Å². The number of benzene rings is 1. The Morgan fingerprint density at radius 3 is 2.62 bits per heavy atom. The lowest BCUT2D eigenvalue weighted by molar-refractivity contribution is -0.136. The van der Waals surface area contributed by atoms with Crippen LogP contribution in [0.15, 0.2) is 18.2 Å². The van der Waals surface area contributed by atoms with Gasteiger partial charge in [-0.2, -0.15) is 0 Å². The van der Waals surface area contributed by atoms with Crippen LogP contribution in [0, 0.1) is 0 Å². The van der Waals surface area contributed by atoms with Gasteiger partial charge < -0.3 is 20.9 Å². The number of amides is 2. The molecule has 2 aliphatic rings. The minimum absolute atomic E-state index is 0. The van der Waals surface area contributed by atoms with E-state index in [1.165, 1.54) is 6.42 Å². The standard InChI is InChI=1S/C19H28N4O2.ClH/c1-14(19(25)22-10-3-2-4-11-22)21-18(24)13-23-12-6-7-15-16(20)8-5-9-17(15)23;/h5,8-9,14H,2-4,6-7,10-13,20H2,1H3,(H,21,24);1H. The van der Waals surface area contributed by atoms with Gasteiger partial charge in [0.05, 0.1) is 6.54 Å². The second kappa shape index (κ2) is 9.12. The largest absolute Gasteiger partial charge is 0.398 e. The second-order valence-corrected chi connectivity index (χ2v) is 7.05. The molecule has 2 amide bonds. The summed E-state index contributed by atoms with van der Waals surface area (Å²) < 4.78 is 0. The molecule has 26 heavy (non-hydrogen) atoms. The quantitative estimate of drug-likeness (QED) is 0.782. The fourth-order valence-electron chi connectivity index (χ4n) is 3.80. The molecule has 1 aromatic rings. The van der Waals surface area contributed by atoms with Crippen molar-refractivity contribution in [2.45, 2.75) is 45.1 Å². The topological polar surface area (TPSA) is 78.7 Å². The number of nitrogens with two attached hydrogens (primary N) is 1. The van der Waals surface area contributed by atoms with Gasteiger partial charge >= 0.3 is 0 Å². The molecule has 0 spiro atoms. The summed E-state index contributed by atoms with van der Waals surface area (Å²) >= 11 is 0. The Kier molecular flexibility index (Phi) is 7.14. The molecule has 0 saturated carbocycles. The van der Waals surface area contributed by atoms with Crippen LogP contribution in [0.5, 0.6) is 0 Å². The summed E-state index contributed by atoms with van der Waals surface area (Å²) in [4.78, 5) is 28.8. The van der Waals surface area contributed by atoms with E-state index in [1.807, 2.05) is 23.1 Å².